The number of hydrogen-bond acceptors (Lipinski definition) is 3. The van der Waals surface area contributed by atoms with Crippen LogP contribution < -0.4 is 16.0 Å². The summed E-state index contributed by atoms with van der Waals surface area (Å²) >= 11 is 29.0. The Kier molecular flexibility index (Phi) is 7.74. The van der Waals surface area contributed by atoms with Crippen LogP contribution in [0.25, 0.3) is 0 Å². The van der Waals surface area contributed by atoms with E-state index < -0.39 is 21.8 Å². The number of alkyl halides is 3. The molecule has 0 heterocycles. The van der Waals surface area contributed by atoms with Crippen molar-refractivity contribution in [3.05, 3.63) is 64.7 Å². The van der Waals surface area contributed by atoms with Crippen LogP contribution in [0.1, 0.15) is 20.7 Å². The second kappa shape index (κ2) is 9.62. The average Bonchev–Trinajstić information content (AvgIpc) is 2.60. The third-order valence-corrected chi connectivity index (χ3v) is 4.57. The van der Waals surface area contributed by atoms with Crippen LogP contribution in [-0.4, -0.2) is 32.1 Å². The maximum Gasteiger partial charge on any atom is 0.335 e. The molecule has 148 valence electrons. The van der Waals surface area contributed by atoms with Gasteiger partial charge in [0.1, 0.15) is 6.17 Å². The minimum atomic E-state index is -1.95. The van der Waals surface area contributed by atoms with E-state index in [4.69, 9.17) is 63.7 Å². The summed E-state index contributed by atoms with van der Waals surface area (Å²) in [7, 11) is 0. The molecular weight excluding hydrogens is 468 g/mol. The summed E-state index contributed by atoms with van der Waals surface area (Å²) in [6, 6.07) is 12.3. The molecule has 4 N–H and O–H groups in total. The predicted octanol–water partition coefficient (Wildman–Crippen LogP) is 4.45. The van der Waals surface area contributed by atoms with Crippen LogP contribution in [0.3, 0.4) is 0 Å². The van der Waals surface area contributed by atoms with Crippen LogP contribution in [0.15, 0.2) is 48.5 Å². The zero-order valence-corrected chi connectivity index (χ0v) is 17.7. The fourth-order valence-corrected chi connectivity index (χ4v) is 2.87. The summed E-state index contributed by atoms with van der Waals surface area (Å²) in [5.41, 5.74) is 0.661. The molecule has 0 fully saturated rings. The van der Waals surface area contributed by atoms with Gasteiger partial charge in [-0.1, -0.05) is 64.6 Å². The number of rotatable bonds is 5. The smallest absolute Gasteiger partial charge is 0.335 e. The van der Waals surface area contributed by atoms with Crippen molar-refractivity contribution in [2.45, 2.75) is 9.96 Å². The number of carbonyl (C=O) groups is 2. The van der Waals surface area contributed by atoms with E-state index in [0.29, 0.717) is 5.69 Å². The highest BCUT2D eigenvalue weighted by Gasteiger charge is 2.35. The molecule has 1 atom stereocenters. The first-order valence-corrected chi connectivity index (χ1v) is 9.53. The molecular formula is C17H13Cl4N3O3S. The lowest BCUT2D eigenvalue weighted by atomic mass is 10.2. The Morgan fingerprint density at radius 1 is 1.04 bits per heavy atom. The molecule has 28 heavy (non-hydrogen) atoms. The van der Waals surface area contributed by atoms with Crippen molar-refractivity contribution >= 4 is 81.3 Å². The standard InChI is InChI=1S/C17H13Cl4N3O3S/c18-12-7-2-1-6-11(12)13(25)23-15(17(19,20)21)24-16(28)22-10-5-3-4-9(8-10)14(26)27/h1-8,15H,(H,23,25)(H,26,27)(H2,22,24,28)/t15-/m1/s1. The van der Waals surface area contributed by atoms with E-state index >= 15 is 0 Å². The minimum Gasteiger partial charge on any atom is -0.478 e. The van der Waals surface area contributed by atoms with E-state index in [1.807, 2.05) is 0 Å². The number of amides is 1. The summed E-state index contributed by atoms with van der Waals surface area (Å²) in [5.74, 6) is -1.67. The molecule has 0 aromatic heterocycles. The Hall–Kier alpha value is -1.77. The molecule has 0 spiro atoms. The molecule has 0 aliphatic rings. The fourth-order valence-electron chi connectivity index (χ4n) is 2.08. The van der Waals surface area contributed by atoms with Crippen LogP contribution in [0.2, 0.25) is 5.02 Å². The first kappa shape index (κ1) is 22.5. The van der Waals surface area contributed by atoms with E-state index in [-0.39, 0.29) is 21.3 Å². The van der Waals surface area contributed by atoms with Crippen molar-refractivity contribution in [1.29, 1.82) is 0 Å². The number of carboxylic acids is 1. The minimum absolute atomic E-state index is 0.00155. The van der Waals surface area contributed by atoms with Gasteiger partial charge in [-0.05, 0) is 42.5 Å². The van der Waals surface area contributed by atoms with Crippen molar-refractivity contribution < 1.29 is 14.7 Å². The van der Waals surface area contributed by atoms with Gasteiger partial charge in [-0.3, -0.25) is 4.79 Å². The number of carboxylic acid groups (broad SMARTS) is 1. The second-order valence-corrected chi connectivity index (χ2v) is 8.60. The number of anilines is 1. The Bertz CT molecular complexity index is 905. The number of halogens is 4. The van der Waals surface area contributed by atoms with Crippen molar-refractivity contribution in [2.24, 2.45) is 0 Å². The fraction of sp³-hybridized carbons (Fsp3) is 0.118. The van der Waals surface area contributed by atoms with Crippen molar-refractivity contribution in [3.63, 3.8) is 0 Å². The maximum atomic E-state index is 12.4. The largest absolute Gasteiger partial charge is 0.478 e. The van der Waals surface area contributed by atoms with Gasteiger partial charge in [0.05, 0.1) is 16.1 Å². The van der Waals surface area contributed by atoms with Gasteiger partial charge in [0.15, 0.2) is 5.11 Å². The summed E-state index contributed by atoms with van der Waals surface area (Å²) in [6.45, 7) is 0. The molecule has 2 aromatic rings. The Labute approximate surface area is 186 Å². The molecule has 0 saturated heterocycles. The van der Waals surface area contributed by atoms with Gasteiger partial charge in [-0.15, -0.1) is 0 Å². The van der Waals surface area contributed by atoms with Crippen LogP contribution in [0.4, 0.5) is 5.69 Å². The van der Waals surface area contributed by atoms with Gasteiger partial charge in [-0.2, -0.15) is 0 Å². The number of hydrogen-bond donors (Lipinski definition) is 4. The predicted molar refractivity (Wildman–Crippen MR) is 116 cm³/mol. The first-order chi connectivity index (χ1) is 13.1. The second-order valence-electron chi connectivity index (χ2n) is 5.41. The Balaban J connectivity index is 2.11. The lowest BCUT2D eigenvalue weighted by molar-refractivity contribution is 0.0696. The number of benzene rings is 2. The number of carbonyl (C=O) groups excluding carboxylic acids is 1. The maximum absolute atomic E-state index is 12.4. The SMILES string of the molecule is O=C(O)c1cccc(NC(=S)N[C@@H](NC(=O)c2ccccc2Cl)C(Cl)(Cl)Cl)c1. The Morgan fingerprint density at radius 2 is 1.71 bits per heavy atom. The molecule has 11 heteroatoms. The quantitative estimate of drug-likeness (QED) is 0.287. The normalized spacial score (nSPS) is 12.0. The van der Waals surface area contributed by atoms with Gasteiger partial charge in [0, 0.05) is 5.69 Å². The summed E-state index contributed by atoms with van der Waals surface area (Å²) in [5, 5.41) is 17.2. The van der Waals surface area contributed by atoms with Crippen LogP contribution in [0.5, 0.6) is 0 Å². The third kappa shape index (κ3) is 6.39. The highest BCUT2D eigenvalue weighted by atomic mass is 35.6. The zero-order chi connectivity index (χ0) is 20.9. The van der Waals surface area contributed by atoms with Crippen molar-refractivity contribution in [3.8, 4) is 0 Å². The summed E-state index contributed by atoms with van der Waals surface area (Å²) in [4.78, 5) is 23.5. The van der Waals surface area contributed by atoms with Crippen LogP contribution in [-0.2, 0) is 0 Å². The molecule has 0 bridgehead atoms. The molecule has 0 aliphatic carbocycles. The summed E-state index contributed by atoms with van der Waals surface area (Å²) in [6.07, 6.45) is -1.20. The molecule has 2 aromatic carbocycles. The van der Waals surface area contributed by atoms with Crippen molar-refractivity contribution in [1.82, 2.24) is 10.6 Å². The van der Waals surface area contributed by atoms with E-state index in [2.05, 4.69) is 16.0 Å². The lowest BCUT2D eigenvalue weighted by Gasteiger charge is -2.28. The number of aromatic carboxylic acids is 1. The van der Waals surface area contributed by atoms with E-state index in [1.54, 1.807) is 30.3 Å². The molecule has 1 amide bonds. The molecule has 0 saturated carbocycles. The van der Waals surface area contributed by atoms with Crippen LogP contribution in [0, 0.1) is 0 Å². The first-order valence-electron chi connectivity index (χ1n) is 7.61. The van der Waals surface area contributed by atoms with Gasteiger partial charge in [-0.25, -0.2) is 4.79 Å². The molecule has 0 unspecified atom stereocenters. The van der Waals surface area contributed by atoms with Crippen LogP contribution >= 0.6 is 58.6 Å². The van der Waals surface area contributed by atoms with Gasteiger partial charge in [0.2, 0.25) is 3.79 Å². The average molecular weight is 481 g/mol. The van der Waals surface area contributed by atoms with Gasteiger partial charge in [0.25, 0.3) is 5.91 Å². The summed E-state index contributed by atoms with van der Waals surface area (Å²) < 4.78 is -1.95. The van der Waals surface area contributed by atoms with Crippen molar-refractivity contribution in [2.75, 3.05) is 5.32 Å². The molecule has 0 aliphatic heterocycles. The Morgan fingerprint density at radius 3 is 2.32 bits per heavy atom. The highest BCUT2D eigenvalue weighted by molar-refractivity contribution is 7.80. The van der Waals surface area contributed by atoms with E-state index in [9.17, 15) is 9.59 Å². The highest BCUT2D eigenvalue weighted by Crippen LogP contribution is 2.29. The monoisotopic (exact) mass is 479 g/mol. The molecule has 0 radical (unpaired) electrons. The number of nitrogens with one attached hydrogen (secondary N) is 3. The number of thiocarbonyl (C=S) groups is 1. The lowest BCUT2D eigenvalue weighted by Crippen LogP contribution is -2.56. The topological polar surface area (TPSA) is 90.5 Å². The van der Waals surface area contributed by atoms with Gasteiger partial charge >= 0.3 is 5.97 Å². The van der Waals surface area contributed by atoms with E-state index in [1.165, 1.54) is 18.2 Å². The third-order valence-electron chi connectivity index (χ3n) is 3.36. The zero-order valence-electron chi connectivity index (χ0n) is 13.9. The molecule has 2 rings (SSSR count). The van der Waals surface area contributed by atoms with E-state index in [0.717, 1.165) is 0 Å². The van der Waals surface area contributed by atoms with Gasteiger partial charge < -0.3 is 21.1 Å². The molecule has 6 nitrogen and oxygen atoms in total.